The van der Waals surface area contributed by atoms with Crippen LogP contribution in [0.25, 0.3) is 5.57 Å². The topological polar surface area (TPSA) is 117 Å². The summed E-state index contributed by atoms with van der Waals surface area (Å²) in [6, 6.07) is 0.621. The van der Waals surface area contributed by atoms with Crippen molar-refractivity contribution >= 4 is 17.2 Å². The van der Waals surface area contributed by atoms with E-state index in [0.29, 0.717) is 6.20 Å². The van der Waals surface area contributed by atoms with Gasteiger partial charge < -0.3 is 15.0 Å². The number of halogens is 5. The van der Waals surface area contributed by atoms with E-state index in [1.54, 1.807) is 0 Å². The van der Waals surface area contributed by atoms with Crippen molar-refractivity contribution in [3.8, 4) is 5.88 Å². The van der Waals surface area contributed by atoms with Gasteiger partial charge in [0.25, 0.3) is 11.8 Å². The van der Waals surface area contributed by atoms with Gasteiger partial charge in [0.05, 0.1) is 30.6 Å². The molecule has 1 saturated heterocycles. The van der Waals surface area contributed by atoms with E-state index in [2.05, 4.69) is 25.3 Å². The summed E-state index contributed by atoms with van der Waals surface area (Å²) in [7, 11) is 1.53. The number of alkyl halides is 5. The Hall–Kier alpha value is -3.71. The monoisotopic (exact) mass is 499 g/mol. The first-order valence-electron chi connectivity index (χ1n) is 10.4. The van der Waals surface area contributed by atoms with Crippen LogP contribution in [0.4, 0.5) is 22.0 Å². The molecule has 1 aliphatic heterocycles. The van der Waals surface area contributed by atoms with Crippen molar-refractivity contribution in [1.29, 1.82) is 5.41 Å². The summed E-state index contributed by atoms with van der Waals surface area (Å²) in [4.78, 5) is 28.9. The second-order valence-corrected chi connectivity index (χ2v) is 7.88. The van der Waals surface area contributed by atoms with E-state index in [1.165, 1.54) is 38.6 Å². The van der Waals surface area contributed by atoms with Gasteiger partial charge in [-0.05, 0) is 12.0 Å². The lowest BCUT2D eigenvalue weighted by Gasteiger charge is -2.43. The fourth-order valence-electron chi connectivity index (χ4n) is 3.62. The number of amides is 1. The fraction of sp³-hybridized carbons (Fsp3) is 0.429. The van der Waals surface area contributed by atoms with E-state index >= 15 is 0 Å². The molecule has 0 spiro atoms. The van der Waals surface area contributed by atoms with Gasteiger partial charge in [-0.25, -0.2) is 28.7 Å². The first-order valence-corrected chi connectivity index (χ1v) is 10.4. The van der Waals surface area contributed by atoms with Gasteiger partial charge in [-0.2, -0.15) is 13.2 Å². The normalized spacial score (nSPS) is 20.3. The molecule has 3 heterocycles. The van der Waals surface area contributed by atoms with Crippen LogP contribution in [0.5, 0.6) is 5.88 Å². The molecule has 2 aromatic rings. The highest BCUT2D eigenvalue weighted by atomic mass is 19.4. The molecule has 1 amide bonds. The predicted octanol–water partition coefficient (Wildman–Crippen LogP) is 2.82. The van der Waals surface area contributed by atoms with Crippen LogP contribution in [0.15, 0.2) is 37.1 Å². The minimum atomic E-state index is -4.68. The largest absolute Gasteiger partial charge is 0.474 e. The number of nitrogens with zero attached hydrogens (tertiary/aromatic N) is 5. The molecule has 0 bridgehead atoms. The molecular formula is C21H22F5N7O2. The van der Waals surface area contributed by atoms with Crippen molar-refractivity contribution < 1.29 is 31.5 Å². The molecule has 35 heavy (non-hydrogen) atoms. The van der Waals surface area contributed by atoms with Crippen LogP contribution in [-0.2, 0) is 11.0 Å². The molecular weight excluding hydrogens is 477 g/mol. The van der Waals surface area contributed by atoms with Crippen molar-refractivity contribution in [2.24, 2.45) is 5.92 Å². The molecule has 2 unspecified atom stereocenters. The highest BCUT2D eigenvalue weighted by Crippen LogP contribution is 2.35. The third kappa shape index (κ3) is 6.25. The zero-order valence-electron chi connectivity index (χ0n) is 18.7. The predicted molar refractivity (Wildman–Crippen MR) is 114 cm³/mol. The minimum absolute atomic E-state index is 0.00656. The van der Waals surface area contributed by atoms with Gasteiger partial charge in [0, 0.05) is 32.1 Å². The van der Waals surface area contributed by atoms with Crippen LogP contribution < -0.4 is 10.1 Å². The molecule has 0 saturated carbocycles. The number of hydrogen-bond donors (Lipinski definition) is 2. The summed E-state index contributed by atoms with van der Waals surface area (Å²) in [5, 5.41) is 11.1. The lowest BCUT2D eigenvalue weighted by atomic mass is 9.88. The lowest BCUT2D eigenvalue weighted by Crippen LogP contribution is -2.58. The standard InChI is InChI=1S/C21H22F5N7O2/c1-12-6-20(22,23)11-33(14(12)10-35-16-9-31-15(8-32-16)21(24,25)26)19(34)17(27)13(7-28-2)18-29-4-3-5-30-18/h3-5,7-9,12,14,27-28H,6,10-11H2,1-2H3/b13-7+,27-17?. The van der Waals surface area contributed by atoms with Gasteiger partial charge in [0.15, 0.2) is 11.5 Å². The summed E-state index contributed by atoms with van der Waals surface area (Å²) >= 11 is 0. The van der Waals surface area contributed by atoms with Crippen LogP contribution in [-0.4, -0.2) is 68.6 Å². The Balaban J connectivity index is 1.83. The van der Waals surface area contributed by atoms with E-state index in [9.17, 15) is 26.7 Å². The average molecular weight is 499 g/mol. The molecule has 2 aromatic heterocycles. The molecule has 188 valence electrons. The third-order valence-corrected chi connectivity index (χ3v) is 5.24. The van der Waals surface area contributed by atoms with Gasteiger partial charge >= 0.3 is 6.18 Å². The van der Waals surface area contributed by atoms with Crippen molar-refractivity contribution in [2.45, 2.75) is 31.5 Å². The fourth-order valence-corrected chi connectivity index (χ4v) is 3.62. The maximum Gasteiger partial charge on any atom is 0.434 e. The van der Waals surface area contributed by atoms with E-state index in [1.807, 2.05) is 0 Å². The minimum Gasteiger partial charge on any atom is -0.474 e. The van der Waals surface area contributed by atoms with Gasteiger partial charge in [0.2, 0.25) is 5.88 Å². The Kier molecular flexibility index (Phi) is 7.60. The van der Waals surface area contributed by atoms with Gasteiger partial charge in [-0.15, -0.1) is 0 Å². The number of piperidine rings is 1. The smallest absolute Gasteiger partial charge is 0.434 e. The van der Waals surface area contributed by atoms with Crippen molar-refractivity contribution in [1.82, 2.24) is 30.2 Å². The van der Waals surface area contributed by atoms with Crippen LogP contribution in [0.2, 0.25) is 0 Å². The second-order valence-electron chi connectivity index (χ2n) is 7.88. The zero-order chi connectivity index (χ0) is 25.8. The molecule has 2 atom stereocenters. The number of ether oxygens (including phenoxy) is 1. The lowest BCUT2D eigenvalue weighted by molar-refractivity contribution is -0.148. The number of hydrogen-bond acceptors (Lipinski definition) is 8. The molecule has 0 aromatic carbocycles. The summed E-state index contributed by atoms with van der Waals surface area (Å²) in [6.45, 7) is 0.186. The Morgan fingerprint density at radius 1 is 1.26 bits per heavy atom. The van der Waals surface area contributed by atoms with Crippen LogP contribution in [0.1, 0.15) is 24.9 Å². The highest BCUT2D eigenvalue weighted by Gasteiger charge is 2.47. The third-order valence-electron chi connectivity index (χ3n) is 5.24. The van der Waals surface area contributed by atoms with E-state index in [-0.39, 0.29) is 23.9 Å². The molecule has 3 rings (SSSR count). The van der Waals surface area contributed by atoms with Crippen LogP contribution >= 0.6 is 0 Å². The molecule has 9 nitrogen and oxygen atoms in total. The summed E-state index contributed by atoms with van der Waals surface area (Å²) < 4.78 is 72.3. The Labute approximate surface area is 197 Å². The number of likely N-dealkylation sites (tertiary alicyclic amines) is 1. The summed E-state index contributed by atoms with van der Waals surface area (Å²) in [5.41, 5.74) is -1.84. The first-order chi connectivity index (χ1) is 16.4. The Morgan fingerprint density at radius 2 is 1.94 bits per heavy atom. The van der Waals surface area contributed by atoms with Gasteiger partial charge in [-0.1, -0.05) is 6.92 Å². The van der Waals surface area contributed by atoms with Gasteiger partial charge in [0.1, 0.15) is 12.3 Å². The van der Waals surface area contributed by atoms with Crippen LogP contribution in [0.3, 0.4) is 0 Å². The molecule has 14 heteroatoms. The summed E-state index contributed by atoms with van der Waals surface area (Å²) in [5.74, 6) is -5.20. The maximum absolute atomic E-state index is 14.4. The molecule has 1 fully saturated rings. The van der Waals surface area contributed by atoms with Crippen molar-refractivity contribution in [3.63, 3.8) is 0 Å². The number of rotatable bonds is 7. The zero-order valence-corrected chi connectivity index (χ0v) is 18.7. The number of nitrogens with one attached hydrogen (secondary N) is 2. The maximum atomic E-state index is 14.4. The number of carbonyl (C=O) groups is 1. The molecule has 1 aliphatic rings. The number of aromatic nitrogens is 4. The van der Waals surface area contributed by atoms with E-state index in [0.717, 1.165) is 11.1 Å². The van der Waals surface area contributed by atoms with Crippen LogP contribution in [0, 0.1) is 11.3 Å². The SMILES string of the molecule is CN/C=C(\C(=N)C(=O)N1CC(F)(F)CC(C)C1COc1cnc(C(F)(F)F)cn1)c1ncccn1. The van der Waals surface area contributed by atoms with Crippen molar-refractivity contribution in [3.05, 3.63) is 48.6 Å². The molecule has 0 radical (unpaired) electrons. The van der Waals surface area contributed by atoms with E-state index < -0.39 is 54.3 Å². The molecule has 2 N–H and O–H groups in total. The highest BCUT2D eigenvalue weighted by molar-refractivity contribution is 6.54. The first kappa shape index (κ1) is 25.9. The average Bonchev–Trinajstić information content (AvgIpc) is 2.80. The number of carbonyl (C=O) groups excluding carboxylic acids is 1. The Morgan fingerprint density at radius 3 is 2.51 bits per heavy atom. The van der Waals surface area contributed by atoms with Gasteiger partial charge in [-0.3, -0.25) is 10.2 Å². The Bertz CT molecular complexity index is 1080. The van der Waals surface area contributed by atoms with E-state index in [4.69, 9.17) is 10.1 Å². The quantitative estimate of drug-likeness (QED) is 0.445. The second kappa shape index (κ2) is 10.3. The molecule has 0 aliphatic carbocycles. The van der Waals surface area contributed by atoms with Crippen molar-refractivity contribution in [2.75, 3.05) is 20.2 Å². The summed E-state index contributed by atoms with van der Waals surface area (Å²) in [6.07, 6.45) is 0.146.